The van der Waals surface area contributed by atoms with Crippen LogP contribution in [0.1, 0.15) is 0 Å². The van der Waals surface area contributed by atoms with Crippen molar-refractivity contribution in [3.8, 4) is 0 Å². The fourth-order valence-electron chi connectivity index (χ4n) is 0.944. The van der Waals surface area contributed by atoms with E-state index in [1.165, 1.54) is 0 Å². The predicted octanol–water partition coefficient (Wildman–Crippen LogP) is 0.736. The lowest BCUT2D eigenvalue weighted by Gasteiger charge is -2.04. The van der Waals surface area contributed by atoms with Gasteiger partial charge in [-0.05, 0) is 24.3 Å². The van der Waals surface area contributed by atoms with Crippen LogP contribution < -0.4 is 11.2 Å². The second kappa shape index (κ2) is 3.14. The maximum atomic E-state index is 5.39. The van der Waals surface area contributed by atoms with Crippen LogP contribution in [0.25, 0.3) is 0 Å². The molecule has 0 saturated carbocycles. The Bertz CT molecular complexity index is 364. The van der Waals surface area contributed by atoms with Crippen LogP contribution in [0.3, 0.4) is 0 Å². The summed E-state index contributed by atoms with van der Waals surface area (Å²) in [6.45, 7) is 0. The molecule has 2 aromatic heterocycles. The van der Waals surface area contributed by atoms with E-state index >= 15 is 0 Å². The lowest BCUT2D eigenvalue weighted by molar-refractivity contribution is 0.923. The highest BCUT2D eigenvalue weighted by Crippen LogP contribution is 2.02. The SMILES string of the molecule is Nc1ccc(Nn2cccc2)nn1. The molecule has 0 spiro atoms. The molecule has 0 unspecified atom stereocenters. The molecule has 66 valence electrons. The van der Waals surface area contributed by atoms with E-state index in [4.69, 9.17) is 5.73 Å². The molecule has 2 rings (SSSR count). The lowest BCUT2D eigenvalue weighted by Crippen LogP contribution is -2.08. The zero-order chi connectivity index (χ0) is 9.10. The minimum absolute atomic E-state index is 0.415. The molecule has 0 radical (unpaired) electrons. The van der Waals surface area contributed by atoms with Gasteiger partial charge in [0.2, 0.25) is 0 Å². The number of rotatable bonds is 2. The van der Waals surface area contributed by atoms with E-state index in [-0.39, 0.29) is 0 Å². The topological polar surface area (TPSA) is 68.8 Å². The summed E-state index contributed by atoms with van der Waals surface area (Å²) in [6.07, 6.45) is 3.75. The Hall–Kier alpha value is -2.04. The van der Waals surface area contributed by atoms with Crippen molar-refractivity contribution >= 4 is 11.6 Å². The van der Waals surface area contributed by atoms with Gasteiger partial charge in [-0.1, -0.05) is 0 Å². The molecule has 0 saturated heterocycles. The van der Waals surface area contributed by atoms with Crippen LogP contribution in [0.15, 0.2) is 36.7 Å². The van der Waals surface area contributed by atoms with Gasteiger partial charge in [-0.15, -0.1) is 10.2 Å². The van der Waals surface area contributed by atoms with Gasteiger partial charge >= 0.3 is 0 Å². The van der Waals surface area contributed by atoms with Crippen molar-refractivity contribution in [2.75, 3.05) is 11.2 Å². The molecule has 0 bridgehead atoms. The highest BCUT2D eigenvalue weighted by atomic mass is 15.4. The average molecular weight is 175 g/mol. The first-order valence-electron chi connectivity index (χ1n) is 3.84. The Kier molecular flexibility index (Phi) is 1.84. The first kappa shape index (κ1) is 7.60. The monoisotopic (exact) mass is 175 g/mol. The van der Waals surface area contributed by atoms with Crippen molar-refractivity contribution in [2.24, 2.45) is 0 Å². The number of nitrogens with zero attached hydrogens (tertiary/aromatic N) is 3. The van der Waals surface area contributed by atoms with Gasteiger partial charge in [-0.3, -0.25) is 10.1 Å². The average Bonchev–Trinajstić information content (AvgIpc) is 2.62. The minimum Gasteiger partial charge on any atom is -0.382 e. The normalized spacial score (nSPS) is 9.85. The van der Waals surface area contributed by atoms with E-state index in [0.717, 1.165) is 0 Å². The van der Waals surface area contributed by atoms with Crippen molar-refractivity contribution in [2.45, 2.75) is 0 Å². The predicted molar refractivity (Wildman–Crippen MR) is 49.9 cm³/mol. The summed E-state index contributed by atoms with van der Waals surface area (Å²) < 4.78 is 1.78. The number of nitrogens with two attached hydrogens (primary N) is 1. The standard InChI is InChI=1S/C8H9N5/c9-7-3-4-8(11-10-7)12-13-5-1-2-6-13/h1-6H,(H2,9,10)(H,11,12). The number of anilines is 2. The summed E-state index contributed by atoms with van der Waals surface area (Å²) in [4.78, 5) is 0. The molecular weight excluding hydrogens is 166 g/mol. The highest BCUT2D eigenvalue weighted by Gasteiger charge is 1.93. The molecule has 2 aromatic rings. The number of aromatic nitrogens is 3. The Morgan fingerprint density at radius 3 is 2.54 bits per heavy atom. The van der Waals surface area contributed by atoms with Crippen molar-refractivity contribution in [1.29, 1.82) is 0 Å². The summed E-state index contributed by atoms with van der Waals surface area (Å²) in [6, 6.07) is 7.29. The Morgan fingerprint density at radius 1 is 1.15 bits per heavy atom. The van der Waals surface area contributed by atoms with Crippen molar-refractivity contribution in [1.82, 2.24) is 14.9 Å². The molecule has 13 heavy (non-hydrogen) atoms. The first-order chi connectivity index (χ1) is 6.34. The zero-order valence-corrected chi connectivity index (χ0v) is 6.88. The van der Waals surface area contributed by atoms with Crippen LogP contribution >= 0.6 is 0 Å². The van der Waals surface area contributed by atoms with Crippen LogP contribution in [0, 0.1) is 0 Å². The van der Waals surface area contributed by atoms with Crippen LogP contribution in [0.5, 0.6) is 0 Å². The number of nitrogen functional groups attached to an aromatic ring is 1. The van der Waals surface area contributed by atoms with Crippen molar-refractivity contribution in [3.63, 3.8) is 0 Å². The van der Waals surface area contributed by atoms with E-state index in [0.29, 0.717) is 11.6 Å². The molecule has 0 aliphatic carbocycles. The summed E-state index contributed by atoms with van der Waals surface area (Å²) in [7, 11) is 0. The van der Waals surface area contributed by atoms with Crippen LogP contribution in [0.4, 0.5) is 11.6 Å². The molecular formula is C8H9N5. The fraction of sp³-hybridized carbons (Fsp3) is 0. The second-order valence-electron chi connectivity index (χ2n) is 2.55. The highest BCUT2D eigenvalue weighted by molar-refractivity contribution is 5.38. The molecule has 0 fully saturated rings. The van der Waals surface area contributed by atoms with Crippen LogP contribution in [0.2, 0.25) is 0 Å². The Labute approximate surface area is 75.2 Å². The third-order valence-electron chi connectivity index (χ3n) is 1.53. The van der Waals surface area contributed by atoms with E-state index in [1.54, 1.807) is 16.8 Å². The van der Waals surface area contributed by atoms with Gasteiger partial charge in [-0.2, -0.15) is 0 Å². The minimum atomic E-state index is 0.415. The van der Waals surface area contributed by atoms with E-state index in [9.17, 15) is 0 Å². The van der Waals surface area contributed by atoms with Gasteiger partial charge in [0.25, 0.3) is 0 Å². The third kappa shape index (κ3) is 1.76. The van der Waals surface area contributed by atoms with Gasteiger partial charge in [0.15, 0.2) is 5.82 Å². The van der Waals surface area contributed by atoms with E-state index < -0.39 is 0 Å². The number of nitrogens with one attached hydrogen (secondary N) is 1. The lowest BCUT2D eigenvalue weighted by atomic mass is 10.5. The molecule has 5 nitrogen and oxygen atoms in total. The molecule has 0 aliphatic heterocycles. The number of hydrogen-bond donors (Lipinski definition) is 2. The van der Waals surface area contributed by atoms with Gasteiger partial charge in [0, 0.05) is 12.4 Å². The second-order valence-corrected chi connectivity index (χ2v) is 2.55. The molecule has 0 aromatic carbocycles. The van der Waals surface area contributed by atoms with Crippen molar-refractivity contribution in [3.05, 3.63) is 36.7 Å². The molecule has 0 atom stereocenters. The van der Waals surface area contributed by atoms with Gasteiger partial charge in [0.1, 0.15) is 5.82 Å². The zero-order valence-electron chi connectivity index (χ0n) is 6.88. The maximum Gasteiger partial charge on any atom is 0.167 e. The molecule has 0 aliphatic rings. The first-order valence-corrected chi connectivity index (χ1v) is 3.84. The summed E-state index contributed by atoms with van der Waals surface area (Å²) in [5, 5.41) is 7.56. The molecule has 3 N–H and O–H groups in total. The Morgan fingerprint density at radius 2 is 1.92 bits per heavy atom. The van der Waals surface area contributed by atoms with Gasteiger partial charge in [0.05, 0.1) is 0 Å². The maximum absolute atomic E-state index is 5.39. The Balaban J connectivity index is 2.15. The molecule has 2 heterocycles. The number of hydrogen-bond acceptors (Lipinski definition) is 4. The third-order valence-corrected chi connectivity index (χ3v) is 1.53. The van der Waals surface area contributed by atoms with Crippen LogP contribution in [-0.2, 0) is 0 Å². The fourth-order valence-corrected chi connectivity index (χ4v) is 0.944. The summed E-state index contributed by atoms with van der Waals surface area (Å²) in [5.41, 5.74) is 8.39. The largest absolute Gasteiger partial charge is 0.382 e. The smallest absolute Gasteiger partial charge is 0.167 e. The summed E-state index contributed by atoms with van der Waals surface area (Å²) in [5.74, 6) is 1.07. The van der Waals surface area contributed by atoms with E-state index in [2.05, 4.69) is 15.6 Å². The van der Waals surface area contributed by atoms with Crippen molar-refractivity contribution < 1.29 is 0 Å². The van der Waals surface area contributed by atoms with Gasteiger partial charge < -0.3 is 5.73 Å². The quantitative estimate of drug-likeness (QED) is 0.706. The van der Waals surface area contributed by atoms with E-state index in [1.807, 2.05) is 24.5 Å². The summed E-state index contributed by atoms with van der Waals surface area (Å²) >= 11 is 0. The van der Waals surface area contributed by atoms with Gasteiger partial charge in [-0.25, -0.2) is 0 Å². The molecule has 5 heteroatoms. The van der Waals surface area contributed by atoms with Crippen LogP contribution in [-0.4, -0.2) is 14.9 Å². The molecule has 0 amide bonds.